The summed E-state index contributed by atoms with van der Waals surface area (Å²) in [6.45, 7) is 0.967. The number of aliphatic hydroxyl groups is 1. The second-order valence-corrected chi connectivity index (χ2v) is 4.51. The number of thiazole rings is 1. The van der Waals surface area contributed by atoms with Crippen LogP contribution in [0.25, 0.3) is 0 Å². The van der Waals surface area contributed by atoms with Gasteiger partial charge in [-0.3, -0.25) is 4.79 Å². The number of nitrogens with zero attached hydrogens (tertiary/aromatic N) is 1. The van der Waals surface area contributed by atoms with Crippen molar-refractivity contribution in [1.29, 1.82) is 0 Å². The predicted molar refractivity (Wildman–Crippen MR) is 55.6 cm³/mol. The van der Waals surface area contributed by atoms with Crippen LogP contribution in [0.4, 0.5) is 0 Å². The van der Waals surface area contributed by atoms with Crippen LogP contribution in [-0.2, 0) is 6.54 Å². The molecule has 1 saturated carbocycles. The van der Waals surface area contributed by atoms with Gasteiger partial charge in [0.2, 0.25) is 0 Å². The van der Waals surface area contributed by atoms with Crippen LogP contribution >= 0.6 is 11.3 Å². The maximum Gasteiger partial charge on any atom is 0.307 e. The number of nitrogens with one attached hydrogen (secondary N) is 1. The Morgan fingerprint density at radius 2 is 2.50 bits per heavy atom. The Morgan fingerprint density at radius 3 is 3.07 bits per heavy atom. The van der Waals surface area contributed by atoms with Crippen LogP contribution in [0.1, 0.15) is 12.8 Å². The molecule has 0 aromatic carbocycles. The zero-order chi connectivity index (χ0) is 9.97. The van der Waals surface area contributed by atoms with Crippen molar-refractivity contribution in [3.05, 3.63) is 21.2 Å². The van der Waals surface area contributed by atoms with Gasteiger partial charge in [0.25, 0.3) is 0 Å². The summed E-state index contributed by atoms with van der Waals surface area (Å²) < 4.78 is 1.55. The first-order valence-corrected chi connectivity index (χ1v) is 5.69. The van der Waals surface area contributed by atoms with Crippen LogP contribution in [0.2, 0.25) is 0 Å². The number of aromatic nitrogens is 1. The van der Waals surface area contributed by atoms with Gasteiger partial charge in [0.05, 0.1) is 12.6 Å². The number of hydrogen-bond acceptors (Lipinski definition) is 4. The normalized spacial score (nSPS) is 18.4. The lowest BCUT2D eigenvalue weighted by Gasteiger charge is -2.11. The van der Waals surface area contributed by atoms with Crippen molar-refractivity contribution in [3.8, 4) is 0 Å². The van der Waals surface area contributed by atoms with Gasteiger partial charge >= 0.3 is 4.87 Å². The van der Waals surface area contributed by atoms with Crippen molar-refractivity contribution in [2.24, 2.45) is 0 Å². The number of rotatable bonds is 5. The molecule has 1 heterocycles. The SMILES string of the molecule is O=c1sccn1CC(O)CNC1CC1. The summed E-state index contributed by atoms with van der Waals surface area (Å²) in [5, 5.41) is 14.6. The molecule has 2 N–H and O–H groups in total. The number of aliphatic hydroxyl groups excluding tert-OH is 1. The molecule has 1 aromatic heterocycles. The monoisotopic (exact) mass is 214 g/mol. The molecule has 1 unspecified atom stereocenters. The minimum atomic E-state index is -0.470. The summed E-state index contributed by atoms with van der Waals surface area (Å²) in [5.41, 5.74) is 0. The van der Waals surface area contributed by atoms with E-state index in [9.17, 15) is 9.90 Å². The van der Waals surface area contributed by atoms with E-state index in [1.165, 1.54) is 12.8 Å². The van der Waals surface area contributed by atoms with Gasteiger partial charge in [-0.1, -0.05) is 11.3 Å². The minimum Gasteiger partial charge on any atom is -0.390 e. The van der Waals surface area contributed by atoms with Gasteiger partial charge in [-0.2, -0.15) is 0 Å². The van der Waals surface area contributed by atoms with Gasteiger partial charge in [0, 0.05) is 24.2 Å². The fourth-order valence-electron chi connectivity index (χ4n) is 1.31. The third-order valence-corrected chi connectivity index (χ3v) is 2.97. The van der Waals surface area contributed by atoms with Crippen molar-refractivity contribution in [2.45, 2.75) is 31.5 Å². The van der Waals surface area contributed by atoms with Crippen LogP contribution in [0.3, 0.4) is 0 Å². The van der Waals surface area contributed by atoms with Crippen LogP contribution in [0.5, 0.6) is 0 Å². The molecule has 2 rings (SSSR count). The maximum absolute atomic E-state index is 11.2. The highest BCUT2D eigenvalue weighted by atomic mass is 32.1. The van der Waals surface area contributed by atoms with E-state index < -0.39 is 6.10 Å². The van der Waals surface area contributed by atoms with Gasteiger partial charge < -0.3 is 15.0 Å². The third-order valence-electron chi connectivity index (χ3n) is 2.27. The van der Waals surface area contributed by atoms with Crippen molar-refractivity contribution in [3.63, 3.8) is 0 Å². The van der Waals surface area contributed by atoms with Crippen molar-refractivity contribution in [1.82, 2.24) is 9.88 Å². The van der Waals surface area contributed by atoms with Gasteiger partial charge in [0.15, 0.2) is 0 Å². The minimum absolute atomic E-state index is 0.00419. The summed E-state index contributed by atoms with van der Waals surface area (Å²) in [6, 6.07) is 0.601. The highest BCUT2D eigenvalue weighted by Gasteiger charge is 2.21. The molecule has 14 heavy (non-hydrogen) atoms. The quantitative estimate of drug-likeness (QED) is 0.726. The van der Waals surface area contributed by atoms with E-state index in [1.54, 1.807) is 16.1 Å². The summed E-state index contributed by atoms with van der Waals surface area (Å²) in [6.07, 6.45) is 3.67. The van der Waals surface area contributed by atoms with E-state index in [-0.39, 0.29) is 4.87 Å². The molecule has 5 heteroatoms. The van der Waals surface area contributed by atoms with Crippen molar-refractivity contribution >= 4 is 11.3 Å². The molecule has 0 saturated heterocycles. The molecular weight excluding hydrogens is 200 g/mol. The maximum atomic E-state index is 11.2. The standard InChI is InChI=1S/C9H14N2O2S/c12-8(5-10-7-1-2-7)6-11-3-4-14-9(11)13/h3-4,7-8,10,12H,1-2,5-6H2. The molecule has 1 fully saturated rings. The highest BCUT2D eigenvalue weighted by molar-refractivity contribution is 7.07. The molecule has 0 aliphatic heterocycles. The van der Waals surface area contributed by atoms with Crippen LogP contribution in [0.15, 0.2) is 16.4 Å². The predicted octanol–water partition coefficient (Wildman–Crippen LogP) is 0.0227. The molecule has 1 atom stereocenters. The van der Waals surface area contributed by atoms with E-state index in [1.807, 2.05) is 0 Å². The summed E-state index contributed by atoms with van der Waals surface area (Å²) in [7, 11) is 0. The highest BCUT2D eigenvalue weighted by Crippen LogP contribution is 2.18. The van der Waals surface area contributed by atoms with Gasteiger partial charge in [-0.05, 0) is 12.8 Å². The number of hydrogen-bond donors (Lipinski definition) is 2. The Balaban J connectivity index is 1.78. The lowest BCUT2D eigenvalue weighted by atomic mass is 10.3. The lowest BCUT2D eigenvalue weighted by Crippen LogP contribution is -2.33. The molecule has 1 aliphatic rings. The summed E-state index contributed by atoms with van der Waals surface area (Å²) >= 11 is 1.16. The van der Waals surface area contributed by atoms with E-state index in [4.69, 9.17) is 0 Å². The molecule has 78 valence electrons. The van der Waals surface area contributed by atoms with Crippen LogP contribution < -0.4 is 10.2 Å². The zero-order valence-corrected chi connectivity index (χ0v) is 8.67. The van der Waals surface area contributed by atoms with Gasteiger partial charge in [0.1, 0.15) is 0 Å². The molecule has 0 radical (unpaired) electrons. The zero-order valence-electron chi connectivity index (χ0n) is 7.85. The molecular formula is C9H14N2O2S. The second kappa shape index (κ2) is 4.25. The Labute approximate surface area is 86.2 Å². The Kier molecular flexibility index (Phi) is 3.00. The van der Waals surface area contributed by atoms with E-state index in [0.29, 0.717) is 19.1 Å². The molecule has 4 nitrogen and oxygen atoms in total. The summed E-state index contributed by atoms with van der Waals surface area (Å²) in [5.74, 6) is 0. The van der Waals surface area contributed by atoms with E-state index in [2.05, 4.69) is 5.32 Å². The van der Waals surface area contributed by atoms with Crippen LogP contribution in [0, 0.1) is 0 Å². The van der Waals surface area contributed by atoms with E-state index in [0.717, 1.165) is 11.3 Å². The topological polar surface area (TPSA) is 54.3 Å². The molecule has 1 aromatic rings. The van der Waals surface area contributed by atoms with Crippen molar-refractivity contribution < 1.29 is 5.11 Å². The first kappa shape index (κ1) is 9.89. The van der Waals surface area contributed by atoms with E-state index >= 15 is 0 Å². The molecule has 0 amide bonds. The molecule has 1 aliphatic carbocycles. The third kappa shape index (κ3) is 2.67. The first-order chi connectivity index (χ1) is 6.75. The Hall–Kier alpha value is -0.650. The fourth-order valence-corrected chi connectivity index (χ4v) is 1.90. The molecule has 0 spiro atoms. The fraction of sp³-hybridized carbons (Fsp3) is 0.667. The van der Waals surface area contributed by atoms with Crippen LogP contribution in [-0.4, -0.2) is 28.4 Å². The smallest absolute Gasteiger partial charge is 0.307 e. The Bertz CT molecular complexity index is 343. The van der Waals surface area contributed by atoms with Gasteiger partial charge in [-0.15, -0.1) is 0 Å². The second-order valence-electron chi connectivity index (χ2n) is 3.66. The largest absolute Gasteiger partial charge is 0.390 e. The lowest BCUT2D eigenvalue weighted by molar-refractivity contribution is 0.150. The average Bonchev–Trinajstić information content (AvgIpc) is 2.90. The summed E-state index contributed by atoms with van der Waals surface area (Å²) in [4.78, 5) is 11.2. The Morgan fingerprint density at radius 1 is 1.71 bits per heavy atom. The average molecular weight is 214 g/mol. The molecule has 0 bridgehead atoms. The van der Waals surface area contributed by atoms with Gasteiger partial charge in [-0.25, -0.2) is 0 Å². The van der Waals surface area contributed by atoms with Crippen molar-refractivity contribution in [2.75, 3.05) is 6.54 Å². The first-order valence-electron chi connectivity index (χ1n) is 4.81.